The van der Waals surface area contributed by atoms with E-state index >= 15 is 0 Å². The molecule has 1 aromatic carbocycles. The van der Waals surface area contributed by atoms with Gasteiger partial charge in [0, 0.05) is 23.2 Å². The minimum atomic E-state index is -1.45. The van der Waals surface area contributed by atoms with E-state index in [9.17, 15) is 14.3 Å². The molecule has 1 amide bonds. The summed E-state index contributed by atoms with van der Waals surface area (Å²) in [7, 11) is 0. The fourth-order valence-electron chi connectivity index (χ4n) is 1.50. The molecule has 0 radical (unpaired) electrons. The molecule has 4 N–H and O–H groups in total. The lowest BCUT2D eigenvalue weighted by molar-refractivity contribution is 0.0128. The monoisotopic (exact) mass is 296 g/mol. The summed E-state index contributed by atoms with van der Waals surface area (Å²) in [6.45, 7) is 5.51. The molecular weight excluding hydrogens is 275 g/mol. The van der Waals surface area contributed by atoms with Crippen LogP contribution in [0.4, 0.5) is 4.39 Å². The summed E-state index contributed by atoms with van der Waals surface area (Å²) < 4.78 is 17.5. The van der Waals surface area contributed by atoms with Crippen molar-refractivity contribution in [3.05, 3.63) is 41.7 Å². The van der Waals surface area contributed by atoms with E-state index in [-0.39, 0.29) is 29.9 Å². The molecule has 1 rings (SSSR count). The Hall–Kier alpha value is -1.92. The average Bonchev–Trinajstić information content (AvgIpc) is 2.39. The van der Waals surface area contributed by atoms with Crippen molar-refractivity contribution in [3.63, 3.8) is 0 Å². The number of carbonyl (C=O) groups excluding carboxylic acids is 1. The number of hydrogen-bond acceptors (Lipinski definition) is 4. The van der Waals surface area contributed by atoms with E-state index in [0.29, 0.717) is 11.3 Å². The summed E-state index contributed by atoms with van der Waals surface area (Å²) in [6.07, 6.45) is -1.23. The van der Waals surface area contributed by atoms with E-state index in [1.54, 1.807) is 12.1 Å². The van der Waals surface area contributed by atoms with Crippen LogP contribution in [0.1, 0.15) is 31.1 Å². The van der Waals surface area contributed by atoms with Crippen molar-refractivity contribution in [2.75, 3.05) is 6.54 Å². The van der Waals surface area contributed by atoms with E-state index in [4.69, 9.17) is 10.5 Å². The number of nitrogens with two attached hydrogens (primary N) is 1. The first-order valence-electron chi connectivity index (χ1n) is 6.53. The number of halogens is 1. The SMILES string of the molecule is CC(C)(C)NC(=O)c1ccc(OC(O)/C(=C\F)CN)cc1. The van der Waals surface area contributed by atoms with Crippen LogP contribution in [-0.4, -0.2) is 29.4 Å². The van der Waals surface area contributed by atoms with E-state index in [2.05, 4.69) is 5.32 Å². The zero-order valence-electron chi connectivity index (χ0n) is 12.4. The zero-order valence-corrected chi connectivity index (χ0v) is 12.4. The minimum absolute atomic E-state index is 0.0652. The van der Waals surface area contributed by atoms with Gasteiger partial charge in [-0.2, -0.15) is 0 Å². The number of ether oxygens (including phenoxy) is 1. The highest BCUT2D eigenvalue weighted by atomic mass is 19.1. The van der Waals surface area contributed by atoms with E-state index in [1.807, 2.05) is 20.8 Å². The van der Waals surface area contributed by atoms with Crippen molar-refractivity contribution < 1.29 is 19.0 Å². The molecule has 0 aliphatic rings. The molecule has 0 saturated heterocycles. The number of carbonyl (C=O) groups is 1. The second-order valence-electron chi connectivity index (χ2n) is 5.59. The Bertz CT molecular complexity index is 507. The Morgan fingerprint density at radius 2 is 2.00 bits per heavy atom. The smallest absolute Gasteiger partial charge is 0.251 e. The third-order valence-corrected chi connectivity index (χ3v) is 2.55. The molecule has 0 heterocycles. The lowest BCUT2D eigenvalue weighted by atomic mass is 10.1. The first kappa shape index (κ1) is 17.1. The van der Waals surface area contributed by atoms with Crippen molar-refractivity contribution >= 4 is 5.91 Å². The Labute approximate surface area is 123 Å². The van der Waals surface area contributed by atoms with Gasteiger partial charge in [0.25, 0.3) is 5.91 Å². The third kappa shape index (κ3) is 5.53. The number of hydrogen-bond donors (Lipinski definition) is 3. The van der Waals surface area contributed by atoms with Gasteiger partial charge in [0.1, 0.15) is 5.75 Å². The highest BCUT2D eigenvalue weighted by Crippen LogP contribution is 2.16. The average molecular weight is 296 g/mol. The highest BCUT2D eigenvalue weighted by molar-refractivity contribution is 5.94. The summed E-state index contributed by atoms with van der Waals surface area (Å²) >= 11 is 0. The van der Waals surface area contributed by atoms with Crippen LogP contribution in [0.5, 0.6) is 5.75 Å². The van der Waals surface area contributed by atoms with Gasteiger partial charge in [0.15, 0.2) is 0 Å². The van der Waals surface area contributed by atoms with Crippen molar-refractivity contribution in [1.82, 2.24) is 5.32 Å². The molecule has 0 aliphatic carbocycles. The van der Waals surface area contributed by atoms with Gasteiger partial charge in [0.2, 0.25) is 6.29 Å². The molecule has 0 bridgehead atoms. The van der Waals surface area contributed by atoms with Crippen LogP contribution in [0, 0.1) is 0 Å². The maximum Gasteiger partial charge on any atom is 0.251 e. The van der Waals surface area contributed by atoms with Crippen molar-refractivity contribution in [2.45, 2.75) is 32.6 Å². The van der Waals surface area contributed by atoms with Gasteiger partial charge in [0.05, 0.1) is 6.33 Å². The molecule has 1 atom stereocenters. The predicted octanol–water partition coefficient (Wildman–Crippen LogP) is 1.72. The summed E-state index contributed by atoms with van der Waals surface area (Å²) in [5, 5.41) is 12.4. The van der Waals surface area contributed by atoms with E-state index < -0.39 is 6.29 Å². The fraction of sp³-hybridized carbons (Fsp3) is 0.400. The second kappa shape index (κ2) is 7.19. The molecule has 5 nitrogen and oxygen atoms in total. The highest BCUT2D eigenvalue weighted by Gasteiger charge is 2.16. The van der Waals surface area contributed by atoms with Crippen molar-refractivity contribution in [2.24, 2.45) is 5.73 Å². The minimum Gasteiger partial charge on any atom is -0.461 e. The van der Waals surface area contributed by atoms with Gasteiger partial charge in [-0.25, -0.2) is 4.39 Å². The molecule has 0 aliphatic heterocycles. The molecule has 0 saturated carbocycles. The molecule has 1 unspecified atom stereocenters. The van der Waals surface area contributed by atoms with E-state index in [1.165, 1.54) is 12.1 Å². The zero-order chi connectivity index (χ0) is 16.0. The van der Waals surface area contributed by atoms with Crippen LogP contribution in [-0.2, 0) is 0 Å². The number of rotatable bonds is 5. The first-order chi connectivity index (χ1) is 9.76. The van der Waals surface area contributed by atoms with Gasteiger partial charge in [-0.15, -0.1) is 0 Å². The van der Waals surface area contributed by atoms with Gasteiger partial charge < -0.3 is 20.9 Å². The standard InChI is InChI=1S/C15H21FN2O3/c1-15(2,3)18-13(19)10-4-6-12(7-5-10)21-14(20)11(8-16)9-17/h4-8,14,20H,9,17H2,1-3H3,(H,18,19)/b11-8-. The Morgan fingerprint density at radius 3 is 2.43 bits per heavy atom. The second-order valence-corrected chi connectivity index (χ2v) is 5.59. The lowest BCUT2D eigenvalue weighted by Gasteiger charge is -2.20. The van der Waals surface area contributed by atoms with Crippen LogP contribution < -0.4 is 15.8 Å². The van der Waals surface area contributed by atoms with Gasteiger partial charge in [-0.3, -0.25) is 4.79 Å². The molecule has 0 spiro atoms. The Balaban J connectivity index is 2.72. The predicted molar refractivity (Wildman–Crippen MR) is 78.5 cm³/mol. The topological polar surface area (TPSA) is 84.6 Å². The van der Waals surface area contributed by atoms with Crippen LogP contribution >= 0.6 is 0 Å². The molecule has 1 aromatic rings. The molecule has 6 heteroatoms. The van der Waals surface area contributed by atoms with Crippen molar-refractivity contribution in [1.29, 1.82) is 0 Å². The fourth-order valence-corrected chi connectivity index (χ4v) is 1.50. The number of aliphatic hydroxyl groups is 1. The molecule has 116 valence electrons. The summed E-state index contributed by atoms with van der Waals surface area (Å²) in [5.74, 6) is 0.100. The summed E-state index contributed by atoms with van der Waals surface area (Å²) in [6, 6.07) is 6.16. The molecule has 21 heavy (non-hydrogen) atoms. The van der Waals surface area contributed by atoms with E-state index in [0.717, 1.165) is 0 Å². The molecule has 0 aromatic heterocycles. The molecule has 0 fully saturated rings. The van der Waals surface area contributed by atoms with Gasteiger partial charge >= 0.3 is 0 Å². The maximum atomic E-state index is 12.4. The number of benzene rings is 1. The normalized spacial score (nSPS) is 13.7. The van der Waals surface area contributed by atoms with Crippen molar-refractivity contribution in [3.8, 4) is 5.75 Å². The van der Waals surface area contributed by atoms with Crippen LogP contribution in [0.3, 0.4) is 0 Å². The quantitative estimate of drug-likeness (QED) is 0.722. The Kier molecular flexibility index (Phi) is 5.87. The van der Waals surface area contributed by atoms with Crippen LogP contribution in [0.25, 0.3) is 0 Å². The van der Waals surface area contributed by atoms with Gasteiger partial charge in [-0.1, -0.05) is 0 Å². The summed E-state index contributed by atoms with van der Waals surface area (Å²) in [5.41, 5.74) is 5.33. The molecular formula is C15H21FN2O3. The summed E-state index contributed by atoms with van der Waals surface area (Å²) in [4.78, 5) is 11.9. The van der Waals surface area contributed by atoms with Gasteiger partial charge in [-0.05, 0) is 45.0 Å². The number of amides is 1. The number of aliphatic hydroxyl groups excluding tert-OH is 1. The Morgan fingerprint density at radius 1 is 1.43 bits per heavy atom. The third-order valence-electron chi connectivity index (χ3n) is 2.55. The maximum absolute atomic E-state index is 12.4. The first-order valence-corrected chi connectivity index (χ1v) is 6.53. The largest absolute Gasteiger partial charge is 0.461 e. The number of nitrogens with one attached hydrogen (secondary N) is 1. The van der Waals surface area contributed by atoms with Crippen LogP contribution in [0.15, 0.2) is 36.2 Å². The van der Waals surface area contributed by atoms with Crippen LogP contribution in [0.2, 0.25) is 0 Å². The lowest BCUT2D eigenvalue weighted by Crippen LogP contribution is -2.40.